The summed E-state index contributed by atoms with van der Waals surface area (Å²) in [6, 6.07) is 11.0. The van der Waals surface area contributed by atoms with Crippen molar-refractivity contribution >= 4 is 17.5 Å². The van der Waals surface area contributed by atoms with E-state index >= 15 is 0 Å². The highest BCUT2D eigenvalue weighted by molar-refractivity contribution is 6.06. The number of aryl methyl sites for hydroxylation is 1. The second-order valence-corrected chi connectivity index (χ2v) is 6.87. The lowest BCUT2D eigenvalue weighted by Crippen LogP contribution is -2.38. The Morgan fingerprint density at radius 1 is 1.19 bits per heavy atom. The first-order valence-corrected chi connectivity index (χ1v) is 9.23. The van der Waals surface area contributed by atoms with Crippen molar-refractivity contribution in [2.45, 2.75) is 33.1 Å². The Morgan fingerprint density at radius 2 is 1.92 bits per heavy atom. The smallest absolute Gasteiger partial charge is 0.272 e. The first kappa shape index (κ1) is 18.1. The maximum absolute atomic E-state index is 12.7. The molecule has 0 radical (unpaired) electrons. The third-order valence-electron chi connectivity index (χ3n) is 4.96. The summed E-state index contributed by atoms with van der Waals surface area (Å²) in [4.78, 5) is 31.3. The molecule has 2 aromatic rings. The number of pyridine rings is 1. The summed E-state index contributed by atoms with van der Waals surface area (Å²) < 4.78 is 0. The number of carbonyl (C=O) groups is 2. The Hall–Kier alpha value is -2.69. The van der Waals surface area contributed by atoms with Crippen molar-refractivity contribution in [1.82, 2.24) is 9.88 Å². The predicted molar refractivity (Wildman–Crippen MR) is 102 cm³/mol. The van der Waals surface area contributed by atoms with Gasteiger partial charge in [0.1, 0.15) is 5.69 Å². The van der Waals surface area contributed by atoms with Crippen LogP contribution in [0.3, 0.4) is 0 Å². The van der Waals surface area contributed by atoms with Gasteiger partial charge in [-0.05, 0) is 48.9 Å². The number of benzene rings is 1. The van der Waals surface area contributed by atoms with E-state index in [-0.39, 0.29) is 11.8 Å². The normalized spacial score (nSPS) is 14.9. The van der Waals surface area contributed by atoms with Gasteiger partial charge in [0, 0.05) is 30.5 Å². The van der Waals surface area contributed by atoms with Gasteiger partial charge in [-0.15, -0.1) is 0 Å². The van der Waals surface area contributed by atoms with Crippen molar-refractivity contribution in [3.63, 3.8) is 0 Å². The zero-order chi connectivity index (χ0) is 18.5. The Morgan fingerprint density at radius 3 is 2.65 bits per heavy atom. The second-order valence-electron chi connectivity index (χ2n) is 6.87. The zero-order valence-electron chi connectivity index (χ0n) is 15.4. The summed E-state index contributed by atoms with van der Waals surface area (Å²) in [5.74, 6) is 0.331. The lowest BCUT2D eigenvalue weighted by atomic mass is 9.99. The molecular formula is C21H25N3O2. The van der Waals surface area contributed by atoms with Crippen LogP contribution in [0.5, 0.6) is 0 Å². The van der Waals surface area contributed by atoms with Crippen LogP contribution in [0, 0.1) is 5.92 Å². The maximum Gasteiger partial charge on any atom is 0.272 e. The van der Waals surface area contributed by atoms with Crippen LogP contribution in [0.15, 0.2) is 42.6 Å². The standard InChI is InChI=1S/C21H25N3O2/c1-3-16-6-4-5-7-18(16)23-20(25)17-8-11-22-19(14-17)21(26)24-12-9-15(2)10-13-24/h4-8,11,14-15H,3,9-10,12-13H2,1-2H3,(H,23,25). The molecule has 1 fully saturated rings. The molecule has 1 aliphatic rings. The average molecular weight is 351 g/mol. The van der Waals surface area contributed by atoms with Crippen molar-refractivity contribution in [2.24, 2.45) is 5.92 Å². The van der Waals surface area contributed by atoms with Crippen LogP contribution >= 0.6 is 0 Å². The average Bonchev–Trinajstić information content (AvgIpc) is 2.68. The highest BCUT2D eigenvalue weighted by Gasteiger charge is 2.23. The molecule has 1 aromatic heterocycles. The molecule has 5 nitrogen and oxygen atoms in total. The number of carbonyl (C=O) groups excluding carboxylic acids is 2. The second kappa shape index (κ2) is 8.13. The van der Waals surface area contributed by atoms with E-state index in [1.807, 2.05) is 36.1 Å². The van der Waals surface area contributed by atoms with Gasteiger partial charge in [0.25, 0.3) is 11.8 Å². The summed E-state index contributed by atoms with van der Waals surface area (Å²) >= 11 is 0. The monoisotopic (exact) mass is 351 g/mol. The molecule has 0 atom stereocenters. The van der Waals surface area contributed by atoms with Crippen LogP contribution in [0.4, 0.5) is 5.69 Å². The number of hydrogen-bond acceptors (Lipinski definition) is 3. The Bertz CT molecular complexity index is 795. The first-order chi connectivity index (χ1) is 12.6. The predicted octanol–water partition coefficient (Wildman–Crippen LogP) is 3.77. The van der Waals surface area contributed by atoms with E-state index < -0.39 is 0 Å². The molecule has 1 N–H and O–H groups in total. The van der Waals surface area contributed by atoms with Gasteiger partial charge in [-0.3, -0.25) is 14.6 Å². The molecule has 0 spiro atoms. The molecule has 1 aliphatic heterocycles. The highest BCUT2D eigenvalue weighted by atomic mass is 16.2. The zero-order valence-corrected chi connectivity index (χ0v) is 15.4. The van der Waals surface area contributed by atoms with Gasteiger partial charge in [0.2, 0.25) is 0 Å². The van der Waals surface area contributed by atoms with Crippen molar-refractivity contribution in [2.75, 3.05) is 18.4 Å². The molecule has 0 bridgehead atoms. The van der Waals surface area contributed by atoms with E-state index in [0.717, 1.165) is 43.6 Å². The van der Waals surface area contributed by atoms with Gasteiger partial charge in [-0.25, -0.2) is 0 Å². The lowest BCUT2D eigenvalue weighted by Gasteiger charge is -2.30. The molecule has 2 amide bonds. The van der Waals surface area contributed by atoms with E-state index in [2.05, 4.69) is 17.2 Å². The summed E-state index contributed by atoms with van der Waals surface area (Å²) in [7, 11) is 0. The number of nitrogens with one attached hydrogen (secondary N) is 1. The fraction of sp³-hybridized carbons (Fsp3) is 0.381. The van der Waals surface area contributed by atoms with Crippen molar-refractivity contribution < 1.29 is 9.59 Å². The van der Waals surface area contributed by atoms with Crippen LogP contribution in [-0.2, 0) is 6.42 Å². The quantitative estimate of drug-likeness (QED) is 0.912. The molecule has 2 heterocycles. The number of hydrogen-bond donors (Lipinski definition) is 1. The summed E-state index contributed by atoms with van der Waals surface area (Å²) in [6.07, 6.45) is 4.39. The number of rotatable bonds is 4. The fourth-order valence-corrected chi connectivity index (χ4v) is 3.21. The molecule has 3 rings (SSSR count). The number of anilines is 1. The van der Waals surface area contributed by atoms with Gasteiger partial charge in [-0.1, -0.05) is 32.0 Å². The first-order valence-electron chi connectivity index (χ1n) is 9.23. The SMILES string of the molecule is CCc1ccccc1NC(=O)c1ccnc(C(=O)N2CCC(C)CC2)c1. The Kier molecular flexibility index (Phi) is 5.66. The molecule has 1 aromatic carbocycles. The van der Waals surface area contributed by atoms with E-state index in [1.165, 1.54) is 6.20 Å². The number of piperidine rings is 1. The molecule has 26 heavy (non-hydrogen) atoms. The molecular weight excluding hydrogens is 326 g/mol. The van der Waals surface area contributed by atoms with Gasteiger partial charge in [0.05, 0.1) is 0 Å². The van der Waals surface area contributed by atoms with Crippen LogP contribution in [0.1, 0.15) is 53.1 Å². The van der Waals surface area contributed by atoms with Crippen LogP contribution in [0.2, 0.25) is 0 Å². The number of aromatic nitrogens is 1. The van der Waals surface area contributed by atoms with Crippen molar-refractivity contribution in [3.05, 3.63) is 59.4 Å². The summed E-state index contributed by atoms with van der Waals surface area (Å²) in [5.41, 5.74) is 2.65. The highest BCUT2D eigenvalue weighted by Crippen LogP contribution is 2.19. The fourth-order valence-electron chi connectivity index (χ4n) is 3.21. The minimum Gasteiger partial charge on any atom is -0.337 e. The van der Waals surface area contributed by atoms with Crippen molar-refractivity contribution in [3.8, 4) is 0 Å². The molecule has 0 saturated carbocycles. The number of amides is 2. The lowest BCUT2D eigenvalue weighted by molar-refractivity contribution is 0.0691. The number of likely N-dealkylation sites (tertiary alicyclic amines) is 1. The van der Waals surface area contributed by atoms with Gasteiger partial charge in [-0.2, -0.15) is 0 Å². The minimum atomic E-state index is -0.227. The Labute approximate surface area is 154 Å². The van der Waals surface area contributed by atoms with E-state index in [9.17, 15) is 9.59 Å². The van der Waals surface area contributed by atoms with E-state index in [4.69, 9.17) is 0 Å². The minimum absolute atomic E-state index is 0.0968. The molecule has 0 unspecified atom stereocenters. The number of para-hydroxylation sites is 1. The van der Waals surface area contributed by atoms with Crippen LogP contribution in [0.25, 0.3) is 0 Å². The van der Waals surface area contributed by atoms with Gasteiger partial charge < -0.3 is 10.2 Å². The maximum atomic E-state index is 12.7. The van der Waals surface area contributed by atoms with Gasteiger partial charge >= 0.3 is 0 Å². The molecule has 136 valence electrons. The van der Waals surface area contributed by atoms with Crippen LogP contribution in [-0.4, -0.2) is 34.8 Å². The Balaban J connectivity index is 1.74. The van der Waals surface area contributed by atoms with E-state index in [0.29, 0.717) is 17.2 Å². The third kappa shape index (κ3) is 4.10. The van der Waals surface area contributed by atoms with Gasteiger partial charge in [0.15, 0.2) is 0 Å². The molecule has 1 saturated heterocycles. The number of nitrogens with zero attached hydrogens (tertiary/aromatic N) is 2. The third-order valence-corrected chi connectivity index (χ3v) is 4.96. The van der Waals surface area contributed by atoms with E-state index in [1.54, 1.807) is 12.1 Å². The van der Waals surface area contributed by atoms with Crippen LogP contribution < -0.4 is 5.32 Å². The van der Waals surface area contributed by atoms with Crippen molar-refractivity contribution in [1.29, 1.82) is 0 Å². The topological polar surface area (TPSA) is 62.3 Å². The molecule has 0 aliphatic carbocycles. The summed E-state index contributed by atoms with van der Waals surface area (Å²) in [6.45, 7) is 5.76. The molecule has 5 heteroatoms. The summed E-state index contributed by atoms with van der Waals surface area (Å²) in [5, 5.41) is 2.94. The largest absolute Gasteiger partial charge is 0.337 e.